The van der Waals surface area contributed by atoms with Crippen LogP contribution in [0.15, 0.2) is 0 Å². The Hall–Kier alpha value is -0.0800. The summed E-state index contributed by atoms with van der Waals surface area (Å²) >= 11 is 0. The van der Waals surface area contributed by atoms with E-state index in [0.29, 0.717) is 6.04 Å². The lowest BCUT2D eigenvalue weighted by Crippen LogP contribution is -2.47. The highest BCUT2D eigenvalue weighted by Gasteiger charge is 2.23. The third kappa shape index (κ3) is 5.83. The Morgan fingerprint density at radius 3 is 1.68 bits per heavy atom. The lowest BCUT2D eigenvalue weighted by Gasteiger charge is -2.37. The van der Waals surface area contributed by atoms with Crippen LogP contribution in [0.2, 0.25) is 0 Å². The van der Waals surface area contributed by atoms with Gasteiger partial charge in [0.25, 0.3) is 0 Å². The molecule has 0 aromatic heterocycles. The summed E-state index contributed by atoms with van der Waals surface area (Å²) in [4.78, 5) is 2.72. The van der Waals surface area contributed by atoms with E-state index in [-0.39, 0.29) is 0 Å². The van der Waals surface area contributed by atoms with Crippen molar-refractivity contribution in [2.75, 3.05) is 13.1 Å². The lowest BCUT2D eigenvalue weighted by molar-refractivity contribution is 0.130. The maximum absolute atomic E-state index is 6.16. The second-order valence-electron chi connectivity index (χ2n) is 6.81. The van der Waals surface area contributed by atoms with Crippen LogP contribution in [-0.2, 0) is 0 Å². The molecule has 2 nitrogen and oxygen atoms in total. The zero-order valence-electron chi connectivity index (χ0n) is 12.8. The fourth-order valence-corrected chi connectivity index (χ4v) is 3.88. The van der Waals surface area contributed by atoms with Crippen LogP contribution < -0.4 is 5.73 Å². The van der Waals surface area contributed by atoms with Crippen LogP contribution in [0.4, 0.5) is 0 Å². The van der Waals surface area contributed by atoms with Crippen LogP contribution >= 0.6 is 0 Å². The van der Waals surface area contributed by atoms with E-state index in [4.69, 9.17) is 5.73 Å². The molecule has 112 valence electrons. The number of nitrogens with zero attached hydrogens (tertiary/aromatic N) is 1. The molecule has 0 spiro atoms. The van der Waals surface area contributed by atoms with Crippen LogP contribution in [0.5, 0.6) is 0 Å². The highest BCUT2D eigenvalue weighted by atomic mass is 15.2. The number of piperidine rings is 1. The number of hydrogen-bond acceptors (Lipinski definition) is 2. The number of likely N-dealkylation sites (tertiary alicyclic amines) is 1. The molecule has 1 atom stereocenters. The van der Waals surface area contributed by atoms with E-state index in [2.05, 4.69) is 4.90 Å². The Balaban J connectivity index is 1.80. The van der Waals surface area contributed by atoms with E-state index < -0.39 is 0 Å². The summed E-state index contributed by atoms with van der Waals surface area (Å²) in [5.41, 5.74) is 6.16. The van der Waals surface area contributed by atoms with Gasteiger partial charge in [-0.25, -0.2) is 0 Å². The van der Waals surface area contributed by atoms with Crippen molar-refractivity contribution in [3.05, 3.63) is 0 Å². The highest BCUT2D eigenvalue weighted by molar-refractivity contribution is 4.81. The molecular formula is C17H34N2. The molecule has 1 aliphatic heterocycles. The molecule has 0 radical (unpaired) electrons. The van der Waals surface area contributed by atoms with E-state index in [9.17, 15) is 0 Å². The fourth-order valence-electron chi connectivity index (χ4n) is 3.88. The van der Waals surface area contributed by atoms with Gasteiger partial charge in [0.2, 0.25) is 0 Å². The third-order valence-electron chi connectivity index (χ3n) is 5.08. The quantitative estimate of drug-likeness (QED) is 0.775. The number of rotatable bonds is 1. The molecule has 2 N–H and O–H groups in total. The molecule has 0 aromatic rings. The maximum atomic E-state index is 6.16. The fraction of sp³-hybridized carbons (Fsp3) is 1.00. The SMILES string of the molecule is NC1CCCN(C2CCCCCCCCCCC2)C1. The first-order chi connectivity index (χ1) is 9.36. The number of nitrogens with two attached hydrogens (primary N) is 1. The summed E-state index contributed by atoms with van der Waals surface area (Å²) in [6, 6.07) is 1.28. The van der Waals surface area contributed by atoms with Crippen molar-refractivity contribution in [3.8, 4) is 0 Å². The van der Waals surface area contributed by atoms with Crippen molar-refractivity contribution in [2.45, 2.75) is 95.6 Å². The predicted octanol–water partition coefficient (Wildman–Crippen LogP) is 4.08. The van der Waals surface area contributed by atoms with E-state index in [1.54, 1.807) is 0 Å². The zero-order valence-corrected chi connectivity index (χ0v) is 12.8. The third-order valence-corrected chi connectivity index (χ3v) is 5.08. The van der Waals surface area contributed by atoms with Crippen LogP contribution in [0.3, 0.4) is 0 Å². The van der Waals surface area contributed by atoms with Crippen molar-refractivity contribution < 1.29 is 0 Å². The van der Waals surface area contributed by atoms with Crippen LogP contribution in [0.25, 0.3) is 0 Å². The van der Waals surface area contributed by atoms with Gasteiger partial charge in [-0.15, -0.1) is 0 Å². The minimum absolute atomic E-state index is 0.440. The molecule has 2 rings (SSSR count). The standard InChI is InChI=1S/C17H34N2/c18-16-11-10-14-19(15-16)17-12-8-6-4-2-1-3-5-7-9-13-17/h16-17H,1-15,18H2. The summed E-state index contributed by atoms with van der Waals surface area (Å²) in [6.07, 6.45) is 18.5. The molecule has 2 aliphatic rings. The van der Waals surface area contributed by atoms with E-state index in [0.717, 1.165) is 12.6 Å². The molecule has 2 heteroatoms. The molecule has 1 saturated heterocycles. The molecule has 0 bridgehead atoms. The Bertz CT molecular complexity index is 217. The maximum Gasteiger partial charge on any atom is 0.0168 e. The van der Waals surface area contributed by atoms with Gasteiger partial charge >= 0.3 is 0 Å². The summed E-state index contributed by atoms with van der Waals surface area (Å²) in [6.45, 7) is 2.46. The first kappa shape index (κ1) is 15.3. The van der Waals surface area contributed by atoms with Gasteiger partial charge in [0.1, 0.15) is 0 Å². The summed E-state index contributed by atoms with van der Waals surface area (Å²) < 4.78 is 0. The Morgan fingerprint density at radius 2 is 1.16 bits per heavy atom. The van der Waals surface area contributed by atoms with E-state index in [1.165, 1.54) is 90.0 Å². The van der Waals surface area contributed by atoms with Crippen LogP contribution in [0.1, 0.15) is 83.5 Å². The van der Waals surface area contributed by atoms with Gasteiger partial charge in [0.05, 0.1) is 0 Å². The molecule has 0 amide bonds. The normalized spacial score (nSPS) is 30.5. The van der Waals surface area contributed by atoms with E-state index >= 15 is 0 Å². The van der Waals surface area contributed by atoms with Gasteiger partial charge in [-0.3, -0.25) is 4.90 Å². The molecule has 1 heterocycles. The average Bonchev–Trinajstić information content (AvgIpc) is 2.39. The first-order valence-electron chi connectivity index (χ1n) is 8.86. The van der Waals surface area contributed by atoms with Gasteiger partial charge in [-0.2, -0.15) is 0 Å². The topological polar surface area (TPSA) is 29.3 Å². The highest BCUT2D eigenvalue weighted by Crippen LogP contribution is 2.22. The van der Waals surface area contributed by atoms with E-state index in [1.807, 2.05) is 0 Å². The number of hydrogen-bond donors (Lipinski definition) is 1. The average molecular weight is 266 g/mol. The molecule has 2 fully saturated rings. The molecule has 1 saturated carbocycles. The Labute approximate surface area is 120 Å². The van der Waals surface area contributed by atoms with Gasteiger partial charge in [0, 0.05) is 18.6 Å². The van der Waals surface area contributed by atoms with Gasteiger partial charge in [0.15, 0.2) is 0 Å². The minimum Gasteiger partial charge on any atom is -0.327 e. The molecule has 19 heavy (non-hydrogen) atoms. The zero-order chi connectivity index (χ0) is 13.3. The van der Waals surface area contributed by atoms with Crippen LogP contribution in [0, 0.1) is 0 Å². The molecule has 1 unspecified atom stereocenters. The van der Waals surface area contributed by atoms with Crippen molar-refractivity contribution >= 4 is 0 Å². The first-order valence-corrected chi connectivity index (χ1v) is 8.86. The molecule has 1 aliphatic carbocycles. The lowest BCUT2D eigenvalue weighted by atomic mass is 9.95. The smallest absolute Gasteiger partial charge is 0.0168 e. The monoisotopic (exact) mass is 266 g/mol. The second kappa shape index (κ2) is 8.97. The summed E-state index contributed by atoms with van der Waals surface area (Å²) in [5.74, 6) is 0. The largest absolute Gasteiger partial charge is 0.327 e. The Kier molecular flexibility index (Phi) is 7.23. The summed E-state index contributed by atoms with van der Waals surface area (Å²) in [5, 5.41) is 0. The molecule has 0 aromatic carbocycles. The van der Waals surface area contributed by atoms with Crippen molar-refractivity contribution in [1.29, 1.82) is 0 Å². The second-order valence-corrected chi connectivity index (χ2v) is 6.81. The van der Waals surface area contributed by atoms with Crippen molar-refractivity contribution in [3.63, 3.8) is 0 Å². The summed E-state index contributed by atoms with van der Waals surface area (Å²) in [7, 11) is 0. The minimum atomic E-state index is 0.440. The van der Waals surface area contributed by atoms with Gasteiger partial charge < -0.3 is 5.73 Å². The van der Waals surface area contributed by atoms with Crippen molar-refractivity contribution in [2.24, 2.45) is 5.73 Å². The predicted molar refractivity (Wildman–Crippen MR) is 83.4 cm³/mol. The van der Waals surface area contributed by atoms with Gasteiger partial charge in [-0.1, -0.05) is 57.8 Å². The van der Waals surface area contributed by atoms with Gasteiger partial charge in [-0.05, 0) is 32.2 Å². The van der Waals surface area contributed by atoms with Crippen molar-refractivity contribution in [1.82, 2.24) is 4.90 Å². The van der Waals surface area contributed by atoms with Crippen LogP contribution in [-0.4, -0.2) is 30.1 Å². The Morgan fingerprint density at radius 1 is 0.632 bits per heavy atom. The molecular weight excluding hydrogens is 232 g/mol.